The number of carbonyl (C=O) groups is 1. The number of amides is 1. The highest BCUT2D eigenvalue weighted by Gasteiger charge is 2.23. The Kier molecular flexibility index (Phi) is 31.6. The first-order valence-electron chi connectivity index (χ1n) is 19.8. The third kappa shape index (κ3) is 35.0. The molecule has 0 heterocycles. The summed E-state index contributed by atoms with van der Waals surface area (Å²) in [6.45, 7) is 4.32. The molecule has 0 spiro atoms. The molecule has 1 amide bonds. The first-order chi connectivity index (χ1) is 24.4. The Bertz CT molecular complexity index is 1040. The second-order valence-electron chi connectivity index (χ2n) is 14.4. The van der Waals surface area contributed by atoms with E-state index in [1.54, 1.807) is 12.2 Å². The molecule has 3 N–H and O–H groups in total. The van der Waals surface area contributed by atoms with E-state index in [0.717, 1.165) is 70.6 Å². The molecule has 4 atom stereocenters. The molecule has 0 fully saturated rings. The normalized spacial score (nSPS) is 15.8. The van der Waals surface area contributed by atoms with Crippen molar-refractivity contribution in [3.05, 3.63) is 60.8 Å². The molecule has 296 valence electrons. The lowest BCUT2D eigenvalue weighted by atomic mass is 10.1. The molecule has 10 heteroatoms. The number of hydrogen-bond donors (Lipinski definition) is 3. The minimum atomic E-state index is -4.60. The topological polar surface area (TPSA) is 128 Å². The Hall–Kier alpha value is -1.84. The van der Waals surface area contributed by atoms with Gasteiger partial charge in [-0.25, -0.2) is 0 Å². The number of unbranched alkanes of at least 4 members (excludes halogenated alkanes) is 13. The van der Waals surface area contributed by atoms with Crippen LogP contribution in [0.3, 0.4) is 0 Å². The van der Waals surface area contributed by atoms with Crippen LogP contribution in [0.5, 0.6) is 0 Å². The van der Waals surface area contributed by atoms with E-state index >= 15 is 0 Å². The number of quaternary nitrogens is 1. The number of likely N-dealkylation sites (N-methyl/N-ethyl adjacent to an activating group) is 1. The zero-order valence-corrected chi connectivity index (χ0v) is 33.8. The van der Waals surface area contributed by atoms with Gasteiger partial charge in [-0.2, -0.15) is 0 Å². The smallest absolute Gasteiger partial charge is 0.268 e. The van der Waals surface area contributed by atoms with Gasteiger partial charge in [0.15, 0.2) is 0 Å². The third-order valence-electron chi connectivity index (χ3n) is 8.26. The summed E-state index contributed by atoms with van der Waals surface area (Å²) in [4.78, 5) is 25.2. The van der Waals surface area contributed by atoms with Crippen LogP contribution >= 0.6 is 7.82 Å². The van der Waals surface area contributed by atoms with Crippen molar-refractivity contribution in [1.82, 2.24) is 5.32 Å². The fraction of sp³-hybridized carbons (Fsp3) is 0.732. The number of aliphatic hydroxyl groups is 2. The Morgan fingerprint density at radius 1 is 0.745 bits per heavy atom. The van der Waals surface area contributed by atoms with Crippen molar-refractivity contribution < 1.29 is 38.0 Å². The summed E-state index contributed by atoms with van der Waals surface area (Å²) in [6.07, 6.45) is 37.3. The SMILES string of the molecule is CC/C=C/CC(O)/C=C/C=C/CCCCCCCC(=O)N[C@@H](COP(=O)([O-])OCC[N+](C)(C)C)[C@H](O)/C=C/CCCCCCCC/C=C\CCC. The predicted octanol–water partition coefficient (Wildman–Crippen LogP) is 8.63. The monoisotopic (exact) mass is 739 g/mol. The molecular formula is C41H75N2O7P. The summed E-state index contributed by atoms with van der Waals surface area (Å²) < 4.78 is 23.1. The molecule has 0 aromatic heterocycles. The Morgan fingerprint density at radius 3 is 1.96 bits per heavy atom. The summed E-state index contributed by atoms with van der Waals surface area (Å²) in [5.74, 6) is -0.245. The highest BCUT2D eigenvalue weighted by molar-refractivity contribution is 7.45. The average Bonchev–Trinajstić information content (AvgIpc) is 3.06. The summed E-state index contributed by atoms with van der Waals surface area (Å²) in [5.41, 5.74) is 0. The van der Waals surface area contributed by atoms with Crippen LogP contribution in [-0.4, -0.2) is 79.8 Å². The number of nitrogens with one attached hydrogen (secondary N) is 1. The van der Waals surface area contributed by atoms with Gasteiger partial charge < -0.3 is 34.0 Å². The summed E-state index contributed by atoms with van der Waals surface area (Å²) in [7, 11) is 1.19. The zero-order valence-electron chi connectivity index (χ0n) is 32.9. The van der Waals surface area contributed by atoms with Crippen molar-refractivity contribution in [1.29, 1.82) is 0 Å². The predicted molar refractivity (Wildman–Crippen MR) is 211 cm³/mol. The Labute approximate surface area is 312 Å². The largest absolute Gasteiger partial charge is 0.756 e. The van der Waals surface area contributed by atoms with E-state index < -0.39 is 32.7 Å². The number of phosphoric acid groups is 1. The van der Waals surface area contributed by atoms with Crippen LogP contribution in [0.25, 0.3) is 0 Å². The van der Waals surface area contributed by atoms with Gasteiger partial charge in [-0.1, -0.05) is 126 Å². The van der Waals surface area contributed by atoms with Gasteiger partial charge in [0.1, 0.15) is 13.2 Å². The van der Waals surface area contributed by atoms with Gasteiger partial charge in [-0.15, -0.1) is 0 Å². The maximum absolute atomic E-state index is 12.8. The lowest BCUT2D eigenvalue weighted by Gasteiger charge is -2.29. The number of rotatable bonds is 34. The van der Waals surface area contributed by atoms with Crippen LogP contribution in [-0.2, 0) is 18.4 Å². The number of phosphoric ester groups is 1. The standard InChI is InChI=1S/C41H75N2O7P/c1-6-8-10-11-12-13-14-15-16-19-22-25-29-33-40(45)39(37-50-51(47,48)49-36-35-43(3,4)5)42-41(46)34-30-26-23-20-17-18-21-24-28-32-38(44)31-27-9-7-2/h9-11,21,24,27-29,32-33,38-40,44-45H,6-8,12-20,22-23,25-26,30-31,34-37H2,1-5H3,(H-,42,46,47,48)/b11-10-,24-21+,27-9+,32-28+,33-29+/t38?,39-,40+/m0/s1. The number of carbonyl (C=O) groups excluding carboxylic acids is 1. The molecule has 0 bridgehead atoms. The highest BCUT2D eigenvalue weighted by atomic mass is 31.2. The zero-order chi connectivity index (χ0) is 38.1. The Balaban J connectivity index is 4.61. The van der Waals surface area contributed by atoms with Crippen molar-refractivity contribution in [2.24, 2.45) is 0 Å². The maximum Gasteiger partial charge on any atom is 0.268 e. The van der Waals surface area contributed by atoms with E-state index in [1.807, 2.05) is 45.4 Å². The minimum Gasteiger partial charge on any atom is -0.756 e. The van der Waals surface area contributed by atoms with Gasteiger partial charge >= 0.3 is 0 Å². The summed E-state index contributed by atoms with van der Waals surface area (Å²) >= 11 is 0. The van der Waals surface area contributed by atoms with E-state index in [-0.39, 0.29) is 18.9 Å². The van der Waals surface area contributed by atoms with Crippen LogP contribution in [0.2, 0.25) is 0 Å². The molecule has 0 radical (unpaired) electrons. The minimum absolute atomic E-state index is 0.0194. The van der Waals surface area contributed by atoms with E-state index in [2.05, 4.69) is 43.5 Å². The fourth-order valence-electron chi connectivity index (χ4n) is 5.07. The Morgan fingerprint density at radius 2 is 1.33 bits per heavy atom. The second kappa shape index (κ2) is 32.8. The fourth-order valence-corrected chi connectivity index (χ4v) is 5.79. The molecule has 0 aliphatic carbocycles. The molecule has 0 aliphatic rings. The second-order valence-corrected chi connectivity index (χ2v) is 15.9. The number of hydrogen-bond acceptors (Lipinski definition) is 7. The van der Waals surface area contributed by atoms with Crippen LogP contribution in [0.4, 0.5) is 0 Å². The van der Waals surface area contributed by atoms with E-state index in [0.29, 0.717) is 23.9 Å². The van der Waals surface area contributed by atoms with Crippen molar-refractivity contribution in [3.8, 4) is 0 Å². The van der Waals surface area contributed by atoms with E-state index in [1.165, 1.54) is 32.1 Å². The number of nitrogens with zero attached hydrogens (tertiary/aromatic N) is 1. The molecule has 2 unspecified atom stereocenters. The van der Waals surface area contributed by atoms with Crippen molar-refractivity contribution in [2.75, 3.05) is 40.9 Å². The molecule has 0 aromatic carbocycles. The first kappa shape index (κ1) is 49.2. The summed E-state index contributed by atoms with van der Waals surface area (Å²) in [6, 6.07) is -0.917. The molecule has 9 nitrogen and oxygen atoms in total. The van der Waals surface area contributed by atoms with Crippen LogP contribution in [0.15, 0.2) is 60.8 Å². The molecule has 0 saturated carbocycles. The van der Waals surface area contributed by atoms with E-state index in [9.17, 15) is 24.5 Å². The van der Waals surface area contributed by atoms with Crippen molar-refractivity contribution in [3.63, 3.8) is 0 Å². The summed E-state index contributed by atoms with van der Waals surface area (Å²) in [5, 5.41) is 23.6. The average molecular weight is 739 g/mol. The molecule has 0 rings (SSSR count). The van der Waals surface area contributed by atoms with Gasteiger partial charge in [0.05, 0.1) is 46.0 Å². The van der Waals surface area contributed by atoms with E-state index in [4.69, 9.17) is 9.05 Å². The molecule has 51 heavy (non-hydrogen) atoms. The molecule has 0 aliphatic heterocycles. The van der Waals surface area contributed by atoms with Crippen molar-refractivity contribution in [2.45, 2.75) is 154 Å². The van der Waals surface area contributed by atoms with Gasteiger partial charge in [-0.3, -0.25) is 9.36 Å². The maximum atomic E-state index is 12.8. The lowest BCUT2D eigenvalue weighted by molar-refractivity contribution is -0.870. The molecule has 0 saturated heterocycles. The number of aliphatic hydroxyl groups excluding tert-OH is 2. The van der Waals surface area contributed by atoms with Crippen LogP contribution in [0, 0.1) is 0 Å². The molecular weight excluding hydrogens is 663 g/mol. The van der Waals surface area contributed by atoms with Gasteiger partial charge in [0, 0.05) is 6.42 Å². The lowest BCUT2D eigenvalue weighted by Crippen LogP contribution is -2.45. The highest BCUT2D eigenvalue weighted by Crippen LogP contribution is 2.38. The third-order valence-corrected chi connectivity index (χ3v) is 9.23. The van der Waals surface area contributed by atoms with Gasteiger partial charge in [-0.05, 0) is 64.2 Å². The number of allylic oxidation sites excluding steroid dienone is 7. The van der Waals surface area contributed by atoms with Crippen LogP contribution < -0.4 is 10.2 Å². The van der Waals surface area contributed by atoms with Crippen LogP contribution in [0.1, 0.15) is 136 Å². The van der Waals surface area contributed by atoms with Gasteiger partial charge in [0.2, 0.25) is 5.91 Å². The first-order valence-corrected chi connectivity index (χ1v) is 21.2. The molecule has 0 aromatic rings. The van der Waals surface area contributed by atoms with Gasteiger partial charge in [0.25, 0.3) is 7.82 Å². The van der Waals surface area contributed by atoms with Crippen molar-refractivity contribution >= 4 is 13.7 Å². The quantitative estimate of drug-likeness (QED) is 0.0198.